The zero-order valence-corrected chi connectivity index (χ0v) is 9.12. The van der Waals surface area contributed by atoms with Gasteiger partial charge in [-0.25, -0.2) is 9.97 Å². The summed E-state index contributed by atoms with van der Waals surface area (Å²) in [5.74, 6) is -0.404. The number of aromatic amines is 1. The highest BCUT2D eigenvalue weighted by molar-refractivity contribution is 6.33. The van der Waals surface area contributed by atoms with Gasteiger partial charge in [-0.3, -0.25) is 4.79 Å². The van der Waals surface area contributed by atoms with E-state index in [0.29, 0.717) is 0 Å². The van der Waals surface area contributed by atoms with Crippen molar-refractivity contribution in [2.75, 3.05) is 0 Å². The Kier molecular flexibility index (Phi) is 2.76. The third-order valence-corrected chi connectivity index (χ3v) is 1.99. The van der Waals surface area contributed by atoms with Crippen LogP contribution in [0, 0.1) is 0 Å². The van der Waals surface area contributed by atoms with E-state index in [-0.39, 0.29) is 22.0 Å². The monoisotopic (exact) mass is 258 g/mol. The molecule has 0 amide bonds. The molecule has 2 rings (SSSR count). The number of H-pyrrole nitrogens is 1. The summed E-state index contributed by atoms with van der Waals surface area (Å²) in [4.78, 5) is 24.7. The Bertz CT molecular complexity index is 579. The number of halogens is 2. The molecule has 0 spiro atoms. The van der Waals surface area contributed by atoms with Crippen LogP contribution in [0.25, 0.3) is 11.6 Å². The average molecular weight is 259 g/mol. The fraction of sp³-hybridized carbons (Fsp3) is 0. The van der Waals surface area contributed by atoms with Crippen molar-refractivity contribution in [1.82, 2.24) is 19.9 Å². The SMILES string of the molecule is O=c1cc(O)nc(-c2nc(Cl)cc(Cl)n2)[nH]1. The van der Waals surface area contributed by atoms with E-state index in [0.717, 1.165) is 6.07 Å². The highest BCUT2D eigenvalue weighted by Gasteiger charge is 2.08. The maximum absolute atomic E-state index is 11.1. The summed E-state index contributed by atoms with van der Waals surface area (Å²) in [6.45, 7) is 0. The zero-order chi connectivity index (χ0) is 11.7. The summed E-state index contributed by atoms with van der Waals surface area (Å²) in [6, 6.07) is 2.27. The first-order valence-corrected chi connectivity index (χ1v) is 4.81. The van der Waals surface area contributed by atoms with Crippen LogP contribution in [-0.2, 0) is 0 Å². The molecule has 2 aromatic rings. The van der Waals surface area contributed by atoms with Crippen molar-refractivity contribution in [2.24, 2.45) is 0 Å². The van der Waals surface area contributed by atoms with Gasteiger partial charge in [0.2, 0.25) is 5.88 Å². The molecule has 0 saturated heterocycles. The van der Waals surface area contributed by atoms with Crippen LogP contribution >= 0.6 is 23.2 Å². The minimum absolute atomic E-state index is 0.00519. The molecule has 16 heavy (non-hydrogen) atoms. The smallest absolute Gasteiger partial charge is 0.255 e. The number of aromatic nitrogens is 4. The van der Waals surface area contributed by atoms with Gasteiger partial charge < -0.3 is 10.1 Å². The molecule has 0 radical (unpaired) electrons. The number of aromatic hydroxyl groups is 1. The lowest BCUT2D eigenvalue weighted by Gasteiger charge is -2.00. The molecule has 0 bridgehead atoms. The quantitative estimate of drug-likeness (QED) is 0.751. The zero-order valence-electron chi connectivity index (χ0n) is 7.61. The number of nitrogens with one attached hydrogen (secondary N) is 1. The molecule has 2 N–H and O–H groups in total. The summed E-state index contributed by atoms with van der Waals surface area (Å²) in [5.41, 5.74) is -0.526. The molecule has 0 unspecified atom stereocenters. The fourth-order valence-corrected chi connectivity index (χ4v) is 1.47. The molecule has 0 aromatic carbocycles. The van der Waals surface area contributed by atoms with Gasteiger partial charge in [0.1, 0.15) is 10.3 Å². The lowest BCUT2D eigenvalue weighted by Crippen LogP contribution is -2.08. The highest BCUT2D eigenvalue weighted by Crippen LogP contribution is 2.17. The molecule has 82 valence electrons. The minimum atomic E-state index is -0.526. The summed E-state index contributed by atoms with van der Waals surface area (Å²) in [6.07, 6.45) is 0. The van der Waals surface area contributed by atoms with Gasteiger partial charge >= 0.3 is 0 Å². The van der Waals surface area contributed by atoms with E-state index in [4.69, 9.17) is 28.3 Å². The second kappa shape index (κ2) is 4.07. The van der Waals surface area contributed by atoms with Crippen LogP contribution in [0.15, 0.2) is 16.9 Å². The average Bonchev–Trinajstić information content (AvgIpc) is 2.14. The minimum Gasteiger partial charge on any atom is -0.493 e. The van der Waals surface area contributed by atoms with Crippen LogP contribution in [0.3, 0.4) is 0 Å². The summed E-state index contributed by atoms with van der Waals surface area (Å²) >= 11 is 11.3. The molecule has 2 aromatic heterocycles. The van der Waals surface area contributed by atoms with Gasteiger partial charge in [0.15, 0.2) is 11.6 Å². The number of hydrogen-bond donors (Lipinski definition) is 2. The predicted molar refractivity (Wildman–Crippen MR) is 57.6 cm³/mol. The van der Waals surface area contributed by atoms with E-state index in [9.17, 15) is 4.79 Å². The predicted octanol–water partition coefficient (Wildman–Crippen LogP) is 1.24. The van der Waals surface area contributed by atoms with E-state index in [1.54, 1.807) is 0 Å². The summed E-state index contributed by atoms with van der Waals surface area (Å²) in [5, 5.41) is 9.37. The van der Waals surface area contributed by atoms with Crippen LogP contribution in [0.2, 0.25) is 10.3 Å². The Balaban J connectivity index is 2.62. The second-order valence-electron chi connectivity index (χ2n) is 2.79. The van der Waals surface area contributed by atoms with Crippen molar-refractivity contribution in [2.45, 2.75) is 0 Å². The highest BCUT2D eigenvalue weighted by atomic mass is 35.5. The first-order valence-electron chi connectivity index (χ1n) is 4.05. The van der Waals surface area contributed by atoms with Crippen molar-refractivity contribution in [3.63, 3.8) is 0 Å². The Morgan fingerprint density at radius 1 is 1.12 bits per heavy atom. The maximum Gasteiger partial charge on any atom is 0.255 e. The molecule has 0 aliphatic heterocycles. The summed E-state index contributed by atoms with van der Waals surface area (Å²) < 4.78 is 0. The standard InChI is InChI=1S/C8H4Cl2N4O2/c9-3-1-4(10)12-7(11-3)8-13-5(15)2-6(16)14-8/h1-2H,(H2,13,14,15,16). The Morgan fingerprint density at radius 3 is 2.31 bits per heavy atom. The lowest BCUT2D eigenvalue weighted by molar-refractivity contribution is 0.451. The molecule has 8 heteroatoms. The van der Waals surface area contributed by atoms with E-state index in [1.165, 1.54) is 6.07 Å². The first-order chi connectivity index (χ1) is 7.54. The van der Waals surface area contributed by atoms with Crippen molar-refractivity contribution in [1.29, 1.82) is 0 Å². The third kappa shape index (κ3) is 2.29. The van der Waals surface area contributed by atoms with E-state index >= 15 is 0 Å². The van der Waals surface area contributed by atoms with Gasteiger partial charge in [-0.15, -0.1) is 0 Å². The number of nitrogens with zero attached hydrogens (tertiary/aromatic N) is 3. The van der Waals surface area contributed by atoms with Gasteiger partial charge in [0.05, 0.1) is 6.07 Å². The molecule has 6 nitrogen and oxygen atoms in total. The fourth-order valence-electron chi connectivity index (χ4n) is 1.05. The maximum atomic E-state index is 11.1. The molecule has 0 fully saturated rings. The molecule has 0 aliphatic carbocycles. The normalized spacial score (nSPS) is 10.4. The topological polar surface area (TPSA) is 91.8 Å². The Labute approximate surface area is 98.9 Å². The van der Waals surface area contributed by atoms with Crippen LogP contribution in [-0.4, -0.2) is 25.0 Å². The number of hydrogen-bond acceptors (Lipinski definition) is 5. The lowest BCUT2D eigenvalue weighted by atomic mass is 10.5. The molecular weight excluding hydrogens is 255 g/mol. The van der Waals surface area contributed by atoms with Gasteiger partial charge in [-0.1, -0.05) is 23.2 Å². The largest absolute Gasteiger partial charge is 0.493 e. The van der Waals surface area contributed by atoms with Crippen LogP contribution in [0.4, 0.5) is 0 Å². The van der Waals surface area contributed by atoms with Crippen LogP contribution in [0.1, 0.15) is 0 Å². The summed E-state index contributed by atoms with van der Waals surface area (Å²) in [7, 11) is 0. The third-order valence-electron chi connectivity index (χ3n) is 1.60. The number of rotatable bonds is 1. The van der Waals surface area contributed by atoms with Crippen LogP contribution < -0.4 is 5.56 Å². The molecule has 0 atom stereocenters. The van der Waals surface area contributed by atoms with Gasteiger partial charge in [-0.05, 0) is 0 Å². The molecule has 0 aliphatic rings. The van der Waals surface area contributed by atoms with Crippen molar-refractivity contribution < 1.29 is 5.11 Å². The van der Waals surface area contributed by atoms with Gasteiger partial charge in [0, 0.05) is 6.07 Å². The second-order valence-corrected chi connectivity index (χ2v) is 3.56. The van der Waals surface area contributed by atoms with Gasteiger partial charge in [0.25, 0.3) is 5.56 Å². The van der Waals surface area contributed by atoms with E-state index < -0.39 is 11.4 Å². The van der Waals surface area contributed by atoms with Crippen LogP contribution in [0.5, 0.6) is 5.88 Å². The Hall–Kier alpha value is -1.66. The van der Waals surface area contributed by atoms with Crippen molar-refractivity contribution in [3.05, 3.63) is 32.8 Å². The molecule has 0 saturated carbocycles. The van der Waals surface area contributed by atoms with Gasteiger partial charge in [-0.2, -0.15) is 4.98 Å². The van der Waals surface area contributed by atoms with E-state index in [1.807, 2.05) is 0 Å². The van der Waals surface area contributed by atoms with Crippen molar-refractivity contribution in [3.8, 4) is 17.5 Å². The van der Waals surface area contributed by atoms with E-state index in [2.05, 4.69) is 19.9 Å². The molecular formula is C8H4Cl2N4O2. The first kappa shape index (κ1) is 10.8. The Morgan fingerprint density at radius 2 is 1.75 bits per heavy atom. The molecule has 2 heterocycles. The van der Waals surface area contributed by atoms with Crippen molar-refractivity contribution >= 4 is 23.2 Å².